The largest absolute Gasteiger partial charge is 0.494 e. The van der Waals surface area contributed by atoms with Crippen LogP contribution in [0.15, 0.2) is 24.3 Å². The van der Waals surface area contributed by atoms with Crippen molar-refractivity contribution in [2.75, 3.05) is 0 Å². The minimum atomic E-state index is -0.320. The van der Waals surface area contributed by atoms with Gasteiger partial charge in [0.15, 0.2) is 0 Å². The van der Waals surface area contributed by atoms with Crippen molar-refractivity contribution in [2.45, 2.75) is 38.9 Å². The molecule has 2 nitrogen and oxygen atoms in total. The maximum Gasteiger partial charge on any atom is 0.494 e. The maximum atomic E-state index is 6.03. The van der Waals surface area contributed by atoms with Crippen molar-refractivity contribution in [3.8, 4) is 11.2 Å². The molecule has 0 atom stereocenters. The summed E-state index contributed by atoms with van der Waals surface area (Å²) < 4.78 is 12.1. The van der Waals surface area contributed by atoms with Crippen molar-refractivity contribution in [3.05, 3.63) is 29.8 Å². The van der Waals surface area contributed by atoms with Gasteiger partial charge < -0.3 is 9.31 Å². The van der Waals surface area contributed by atoms with Crippen molar-refractivity contribution in [2.24, 2.45) is 0 Å². The first-order valence-corrected chi connectivity index (χ1v) is 9.46. The normalized spacial score (nSPS) is 19.9. The van der Waals surface area contributed by atoms with Crippen LogP contribution < -0.4 is 5.46 Å². The van der Waals surface area contributed by atoms with E-state index in [2.05, 4.69) is 60.1 Å². The second-order valence-electron chi connectivity index (χ2n) is 5.52. The molecular formula is C14H16BIO2S. The molecule has 0 radical (unpaired) electrons. The number of hydrogen-bond acceptors (Lipinski definition) is 3. The van der Waals surface area contributed by atoms with E-state index in [4.69, 9.17) is 9.31 Å². The summed E-state index contributed by atoms with van der Waals surface area (Å²) in [7, 11) is 1.16. The third-order valence-corrected chi connectivity index (χ3v) is 4.49. The van der Waals surface area contributed by atoms with Crippen LogP contribution in [0.1, 0.15) is 33.3 Å². The van der Waals surface area contributed by atoms with Gasteiger partial charge in [-0.2, -0.15) is 0 Å². The van der Waals surface area contributed by atoms with Crippen LogP contribution in [0.2, 0.25) is 0 Å². The van der Waals surface area contributed by atoms with Gasteiger partial charge in [0.05, 0.1) is 11.2 Å². The third-order valence-electron chi connectivity index (χ3n) is 3.65. The first kappa shape index (κ1) is 15.2. The van der Waals surface area contributed by atoms with E-state index in [0.29, 0.717) is 0 Å². The van der Waals surface area contributed by atoms with Gasteiger partial charge in [-0.1, -0.05) is 18.1 Å². The molecule has 0 aliphatic carbocycles. The van der Waals surface area contributed by atoms with Crippen LogP contribution in [0.5, 0.6) is 0 Å². The van der Waals surface area contributed by atoms with Crippen LogP contribution in [-0.2, 0) is 9.31 Å². The van der Waals surface area contributed by atoms with E-state index in [9.17, 15) is 0 Å². The molecule has 1 aliphatic rings. The van der Waals surface area contributed by atoms with Crippen molar-refractivity contribution in [1.29, 1.82) is 0 Å². The molecule has 5 heteroatoms. The first-order valence-electron chi connectivity index (χ1n) is 6.10. The molecular weight excluding hydrogens is 370 g/mol. The SMILES string of the molecule is CC1(C)OB(c2cccc(C#CSI)c2)OC1(C)C. The minimum absolute atomic E-state index is 0.308. The molecule has 0 saturated carbocycles. The van der Waals surface area contributed by atoms with Crippen molar-refractivity contribution in [1.82, 2.24) is 0 Å². The Morgan fingerprint density at radius 3 is 2.37 bits per heavy atom. The minimum Gasteiger partial charge on any atom is -0.399 e. The van der Waals surface area contributed by atoms with Gasteiger partial charge >= 0.3 is 7.12 Å². The average molecular weight is 386 g/mol. The molecule has 1 fully saturated rings. The van der Waals surface area contributed by atoms with Crippen molar-refractivity contribution in [3.63, 3.8) is 0 Å². The summed E-state index contributed by atoms with van der Waals surface area (Å²) in [6.07, 6.45) is 0. The zero-order valence-electron chi connectivity index (χ0n) is 11.5. The Hall–Kier alpha value is -0.155. The molecule has 0 bridgehead atoms. The fraction of sp³-hybridized carbons (Fsp3) is 0.429. The predicted octanol–water partition coefficient (Wildman–Crippen LogP) is 3.38. The smallest absolute Gasteiger partial charge is 0.399 e. The van der Waals surface area contributed by atoms with Crippen LogP contribution in [-0.4, -0.2) is 18.3 Å². The Morgan fingerprint density at radius 1 is 1.16 bits per heavy atom. The van der Waals surface area contributed by atoms with E-state index in [1.54, 1.807) is 0 Å². The van der Waals surface area contributed by atoms with Gasteiger partial charge in [0.25, 0.3) is 0 Å². The molecule has 1 aromatic carbocycles. The summed E-state index contributed by atoms with van der Waals surface area (Å²) in [5, 5.41) is 2.99. The monoisotopic (exact) mass is 386 g/mol. The highest BCUT2D eigenvalue weighted by Crippen LogP contribution is 2.36. The van der Waals surface area contributed by atoms with Gasteiger partial charge in [-0.3, -0.25) is 0 Å². The average Bonchev–Trinajstić information content (AvgIpc) is 2.56. The summed E-state index contributed by atoms with van der Waals surface area (Å²) in [5.41, 5.74) is 1.38. The number of halogens is 1. The van der Waals surface area contributed by atoms with Gasteiger partial charge in [0.2, 0.25) is 0 Å². The topological polar surface area (TPSA) is 18.5 Å². The summed E-state index contributed by atoms with van der Waals surface area (Å²) in [5.74, 6) is 3.09. The highest BCUT2D eigenvalue weighted by Gasteiger charge is 2.51. The summed E-state index contributed by atoms with van der Waals surface area (Å²) in [6, 6.07) is 8.03. The lowest BCUT2D eigenvalue weighted by molar-refractivity contribution is 0.00578. The van der Waals surface area contributed by atoms with Crippen LogP contribution in [0.3, 0.4) is 0 Å². The van der Waals surface area contributed by atoms with Gasteiger partial charge in [0.1, 0.15) is 0 Å². The van der Waals surface area contributed by atoms with E-state index in [0.717, 1.165) is 11.0 Å². The molecule has 2 rings (SSSR count). The molecule has 19 heavy (non-hydrogen) atoms. The summed E-state index contributed by atoms with van der Waals surface area (Å²) >= 11 is 2.16. The Morgan fingerprint density at radius 2 is 1.79 bits per heavy atom. The van der Waals surface area contributed by atoms with Crippen molar-refractivity contribution < 1.29 is 9.31 Å². The number of rotatable bonds is 1. The zero-order chi connectivity index (χ0) is 14.1. The van der Waals surface area contributed by atoms with Crippen molar-refractivity contribution >= 4 is 42.7 Å². The fourth-order valence-corrected chi connectivity index (χ4v) is 2.31. The summed E-state index contributed by atoms with van der Waals surface area (Å²) in [6.45, 7) is 8.24. The second-order valence-corrected chi connectivity index (χ2v) is 7.20. The molecule has 0 spiro atoms. The molecule has 0 N–H and O–H groups in total. The number of hydrogen-bond donors (Lipinski definition) is 0. The molecule has 1 aromatic rings. The fourth-order valence-electron chi connectivity index (χ4n) is 1.82. The number of benzene rings is 1. The summed E-state index contributed by atoms with van der Waals surface area (Å²) in [4.78, 5) is 0. The molecule has 1 saturated heterocycles. The zero-order valence-corrected chi connectivity index (χ0v) is 14.5. The quantitative estimate of drug-likeness (QED) is 0.419. The van der Waals surface area contributed by atoms with E-state index < -0.39 is 0 Å². The Bertz CT molecular complexity index is 518. The van der Waals surface area contributed by atoms with Gasteiger partial charge in [-0.15, -0.1) is 0 Å². The van der Waals surface area contributed by atoms with E-state index in [1.807, 2.05) is 24.3 Å². The Balaban J connectivity index is 2.25. The van der Waals surface area contributed by atoms with Gasteiger partial charge in [-0.25, -0.2) is 0 Å². The Kier molecular flexibility index (Phi) is 4.56. The van der Waals surface area contributed by atoms with E-state index >= 15 is 0 Å². The lowest BCUT2D eigenvalue weighted by Crippen LogP contribution is -2.41. The lowest BCUT2D eigenvalue weighted by atomic mass is 9.78. The van der Waals surface area contributed by atoms with Crippen LogP contribution in [0, 0.1) is 11.2 Å². The molecule has 0 unspecified atom stereocenters. The molecule has 1 aliphatic heterocycles. The molecule has 100 valence electrons. The van der Waals surface area contributed by atoms with Crippen LogP contribution >= 0.6 is 30.1 Å². The van der Waals surface area contributed by atoms with Gasteiger partial charge in [0, 0.05) is 26.8 Å². The van der Waals surface area contributed by atoms with Crippen LogP contribution in [0.4, 0.5) is 0 Å². The third kappa shape index (κ3) is 3.30. The molecule has 1 heterocycles. The first-order chi connectivity index (χ1) is 8.86. The van der Waals surface area contributed by atoms with E-state index in [1.165, 1.54) is 8.93 Å². The Labute approximate surface area is 131 Å². The predicted molar refractivity (Wildman–Crippen MR) is 90.6 cm³/mol. The maximum absolute atomic E-state index is 6.03. The van der Waals surface area contributed by atoms with E-state index in [-0.39, 0.29) is 18.3 Å². The highest BCUT2D eigenvalue weighted by molar-refractivity contribution is 14.2. The lowest BCUT2D eigenvalue weighted by Gasteiger charge is -2.32. The second kappa shape index (κ2) is 5.68. The standard InChI is InChI=1S/C14H16BIO2S/c1-13(2)14(3,4)18-15(17-13)12-7-5-6-11(10-12)8-9-19-16/h5-7,10H,1-4H3. The highest BCUT2D eigenvalue weighted by atomic mass is 127. The van der Waals surface area contributed by atoms with Gasteiger partial charge in [-0.05, 0) is 59.5 Å². The molecule has 0 amide bonds. The molecule has 0 aromatic heterocycles. The van der Waals surface area contributed by atoms with Crippen LogP contribution in [0.25, 0.3) is 0 Å².